The summed E-state index contributed by atoms with van der Waals surface area (Å²) >= 11 is 12.4. The van der Waals surface area contributed by atoms with Gasteiger partial charge >= 0.3 is 5.97 Å². The molecule has 1 heterocycles. The Morgan fingerprint density at radius 1 is 1.32 bits per heavy atom. The minimum absolute atomic E-state index is 0.0244. The van der Waals surface area contributed by atoms with E-state index in [1.807, 2.05) is 0 Å². The molecule has 0 aliphatic carbocycles. The Morgan fingerprint density at radius 2 is 1.89 bits per heavy atom. The van der Waals surface area contributed by atoms with Crippen molar-refractivity contribution in [2.24, 2.45) is 0 Å². The van der Waals surface area contributed by atoms with Crippen LogP contribution in [0, 0.1) is 0 Å². The van der Waals surface area contributed by atoms with Crippen LogP contribution in [-0.2, 0) is 9.53 Å². The highest BCUT2D eigenvalue weighted by Gasteiger charge is 2.28. The number of hydrogen-bond acceptors (Lipinski definition) is 3. The molecule has 19 heavy (non-hydrogen) atoms. The van der Waals surface area contributed by atoms with Crippen molar-refractivity contribution in [1.29, 1.82) is 0 Å². The molecule has 1 N–H and O–H groups in total. The van der Waals surface area contributed by atoms with Crippen molar-refractivity contribution in [3.63, 3.8) is 0 Å². The lowest BCUT2D eigenvalue weighted by Gasteiger charge is -2.34. The Bertz CT molecular complexity index is 441. The van der Waals surface area contributed by atoms with Gasteiger partial charge in [0.15, 0.2) is 0 Å². The van der Waals surface area contributed by atoms with E-state index in [9.17, 15) is 4.79 Å². The van der Waals surface area contributed by atoms with Gasteiger partial charge in [-0.15, -0.1) is 0 Å². The Labute approximate surface area is 121 Å². The second kappa shape index (κ2) is 6.57. The maximum absolute atomic E-state index is 11.1. The molecule has 104 valence electrons. The van der Waals surface area contributed by atoms with E-state index in [4.69, 9.17) is 33.0 Å². The van der Waals surface area contributed by atoms with Gasteiger partial charge in [-0.1, -0.05) is 29.3 Å². The van der Waals surface area contributed by atoms with Crippen LogP contribution < -0.4 is 0 Å². The molecule has 4 nitrogen and oxygen atoms in total. The molecule has 1 atom stereocenters. The number of hydrogen-bond donors (Lipinski definition) is 1. The molecule has 0 spiro atoms. The highest BCUT2D eigenvalue weighted by Crippen LogP contribution is 2.36. The number of carboxylic acids is 1. The van der Waals surface area contributed by atoms with Crippen LogP contribution in [0.25, 0.3) is 0 Å². The molecule has 0 bridgehead atoms. The first kappa shape index (κ1) is 14.6. The van der Waals surface area contributed by atoms with Crippen LogP contribution in [0.5, 0.6) is 0 Å². The van der Waals surface area contributed by atoms with Crippen LogP contribution in [0.1, 0.15) is 18.0 Å². The molecule has 1 aromatic rings. The summed E-state index contributed by atoms with van der Waals surface area (Å²) in [6.45, 7) is 2.55. The lowest BCUT2D eigenvalue weighted by Crippen LogP contribution is -2.40. The predicted octanol–water partition coefficient (Wildman–Crippen LogP) is 2.84. The Kier molecular flexibility index (Phi) is 5.05. The molecule has 0 radical (unpaired) electrons. The lowest BCUT2D eigenvalue weighted by molar-refractivity contribution is -0.139. The van der Waals surface area contributed by atoms with Gasteiger partial charge in [0.05, 0.1) is 19.6 Å². The Hall–Kier alpha value is -0.810. The number of carboxylic acid groups (broad SMARTS) is 1. The number of aliphatic carboxylic acids is 1. The van der Waals surface area contributed by atoms with E-state index in [1.165, 1.54) is 0 Å². The van der Waals surface area contributed by atoms with Gasteiger partial charge in [-0.3, -0.25) is 9.69 Å². The van der Waals surface area contributed by atoms with E-state index < -0.39 is 5.97 Å². The molecule has 1 saturated heterocycles. The second-order valence-electron chi connectivity index (χ2n) is 4.40. The van der Waals surface area contributed by atoms with Crippen molar-refractivity contribution >= 4 is 29.2 Å². The fourth-order valence-electron chi connectivity index (χ4n) is 2.30. The molecule has 1 aliphatic heterocycles. The quantitative estimate of drug-likeness (QED) is 0.929. The third kappa shape index (κ3) is 3.60. The van der Waals surface area contributed by atoms with Gasteiger partial charge in [-0.2, -0.15) is 0 Å². The van der Waals surface area contributed by atoms with Crippen molar-refractivity contribution in [3.05, 3.63) is 33.8 Å². The van der Waals surface area contributed by atoms with Gasteiger partial charge < -0.3 is 9.84 Å². The zero-order valence-corrected chi connectivity index (χ0v) is 11.8. The summed E-state index contributed by atoms with van der Waals surface area (Å²) in [6.07, 6.45) is -0.0244. The van der Waals surface area contributed by atoms with E-state index >= 15 is 0 Å². The summed E-state index contributed by atoms with van der Waals surface area (Å²) in [7, 11) is 0. The summed E-state index contributed by atoms with van der Waals surface area (Å²) in [4.78, 5) is 13.2. The molecular weight excluding hydrogens is 289 g/mol. The molecule has 1 fully saturated rings. The summed E-state index contributed by atoms with van der Waals surface area (Å²) in [6, 6.07) is 4.91. The number of ether oxygens (including phenoxy) is 1. The van der Waals surface area contributed by atoms with E-state index in [1.54, 1.807) is 18.2 Å². The maximum Gasteiger partial charge on any atom is 0.305 e. The SMILES string of the molecule is O=C(O)CC(c1c(Cl)cccc1Cl)N1CCOCC1. The van der Waals surface area contributed by atoms with Crippen molar-refractivity contribution < 1.29 is 14.6 Å². The van der Waals surface area contributed by atoms with Crippen LogP contribution in [0.15, 0.2) is 18.2 Å². The standard InChI is InChI=1S/C13H15Cl2NO3/c14-9-2-1-3-10(15)13(9)11(8-12(17)18)16-4-6-19-7-5-16/h1-3,11H,4-8H2,(H,17,18). The summed E-state index contributed by atoms with van der Waals surface area (Å²) < 4.78 is 5.30. The smallest absolute Gasteiger partial charge is 0.305 e. The molecule has 2 rings (SSSR count). The highest BCUT2D eigenvalue weighted by molar-refractivity contribution is 6.36. The normalized spacial score (nSPS) is 18.2. The highest BCUT2D eigenvalue weighted by atomic mass is 35.5. The average Bonchev–Trinajstić information content (AvgIpc) is 2.38. The van der Waals surface area contributed by atoms with Crippen LogP contribution in [0.3, 0.4) is 0 Å². The third-order valence-electron chi connectivity index (χ3n) is 3.19. The minimum atomic E-state index is -0.868. The van der Waals surface area contributed by atoms with E-state index in [0.29, 0.717) is 41.9 Å². The van der Waals surface area contributed by atoms with Gasteiger partial charge in [0.1, 0.15) is 0 Å². The van der Waals surface area contributed by atoms with Crippen LogP contribution in [0.4, 0.5) is 0 Å². The van der Waals surface area contributed by atoms with Gasteiger partial charge in [-0.25, -0.2) is 0 Å². The van der Waals surface area contributed by atoms with E-state index in [0.717, 1.165) is 0 Å². The first-order valence-corrected chi connectivity index (χ1v) is 6.82. The first-order valence-electron chi connectivity index (χ1n) is 6.07. The molecule has 0 amide bonds. The number of halogens is 2. The zero-order valence-electron chi connectivity index (χ0n) is 10.3. The maximum atomic E-state index is 11.1. The largest absolute Gasteiger partial charge is 0.481 e. The van der Waals surface area contributed by atoms with Crippen molar-refractivity contribution in [3.8, 4) is 0 Å². The summed E-state index contributed by atoms with van der Waals surface area (Å²) in [5, 5.41) is 10.1. The summed E-state index contributed by atoms with van der Waals surface area (Å²) in [5.41, 5.74) is 0.690. The molecule has 1 aliphatic rings. The number of morpholine rings is 1. The number of benzene rings is 1. The fourth-order valence-corrected chi connectivity index (χ4v) is 2.95. The van der Waals surface area contributed by atoms with Crippen molar-refractivity contribution in [2.45, 2.75) is 12.5 Å². The number of rotatable bonds is 4. The number of nitrogens with zero attached hydrogens (tertiary/aromatic N) is 1. The van der Waals surface area contributed by atoms with E-state index in [-0.39, 0.29) is 12.5 Å². The van der Waals surface area contributed by atoms with Gasteiger partial charge in [0, 0.05) is 34.7 Å². The lowest BCUT2D eigenvalue weighted by atomic mass is 10.0. The minimum Gasteiger partial charge on any atom is -0.481 e. The molecule has 1 unspecified atom stereocenters. The second-order valence-corrected chi connectivity index (χ2v) is 5.21. The Balaban J connectivity index is 2.33. The topological polar surface area (TPSA) is 49.8 Å². The van der Waals surface area contributed by atoms with Crippen LogP contribution in [0.2, 0.25) is 10.0 Å². The van der Waals surface area contributed by atoms with Crippen molar-refractivity contribution in [2.75, 3.05) is 26.3 Å². The fraction of sp³-hybridized carbons (Fsp3) is 0.462. The van der Waals surface area contributed by atoms with Gasteiger partial charge in [0.2, 0.25) is 0 Å². The van der Waals surface area contributed by atoms with Gasteiger partial charge in [-0.05, 0) is 12.1 Å². The monoisotopic (exact) mass is 303 g/mol. The summed E-state index contributed by atoms with van der Waals surface area (Å²) in [5.74, 6) is -0.868. The molecule has 1 aromatic carbocycles. The average molecular weight is 304 g/mol. The number of carbonyl (C=O) groups is 1. The zero-order chi connectivity index (χ0) is 13.8. The van der Waals surface area contributed by atoms with Crippen LogP contribution in [-0.4, -0.2) is 42.3 Å². The third-order valence-corrected chi connectivity index (χ3v) is 3.85. The molecular formula is C13H15Cl2NO3. The van der Waals surface area contributed by atoms with Crippen molar-refractivity contribution in [1.82, 2.24) is 4.90 Å². The van der Waals surface area contributed by atoms with E-state index in [2.05, 4.69) is 4.90 Å². The first-order chi connectivity index (χ1) is 9.09. The predicted molar refractivity (Wildman–Crippen MR) is 73.8 cm³/mol. The molecule has 0 aromatic heterocycles. The Morgan fingerprint density at radius 3 is 2.42 bits per heavy atom. The van der Waals surface area contributed by atoms with Gasteiger partial charge in [0.25, 0.3) is 0 Å². The van der Waals surface area contributed by atoms with Crippen LogP contribution >= 0.6 is 23.2 Å². The molecule has 6 heteroatoms. The molecule has 0 saturated carbocycles.